The van der Waals surface area contributed by atoms with Gasteiger partial charge in [-0.25, -0.2) is 0 Å². The molecule has 0 aliphatic carbocycles. The molecule has 2 heterocycles. The van der Waals surface area contributed by atoms with Crippen LogP contribution >= 0.6 is 0 Å². The molecule has 1 unspecified atom stereocenters. The molecule has 0 spiro atoms. The van der Waals surface area contributed by atoms with Gasteiger partial charge in [0.2, 0.25) is 5.89 Å². The van der Waals surface area contributed by atoms with Crippen LogP contribution in [-0.2, 0) is 11.2 Å². The fourth-order valence-electron chi connectivity index (χ4n) is 1.79. The second kappa shape index (κ2) is 3.88. The Morgan fingerprint density at radius 3 is 3.21 bits per heavy atom. The van der Waals surface area contributed by atoms with E-state index in [0.29, 0.717) is 11.7 Å². The van der Waals surface area contributed by atoms with Crippen molar-refractivity contribution in [1.82, 2.24) is 15.0 Å². The molecular formula is C9H13N3O2. The van der Waals surface area contributed by atoms with Gasteiger partial charge in [-0.1, -0.05) is 5.16 Å². The van der Waals surface area contributed by atoms with E-state index in [2.05, 4.69) is 15.0 Å². The molecule has 1 aliphatic heterocycles. The first-order valence-electron chi connectivity index (χ1n) is 4.77. The van der Waals surface area contributed by atoms with E-state index >= 15 is 0 Å². The van der Waals surface area contributed by atoms with E-state index in [4.69, 9.17) is 4.52 Å². The predicted octanol–water partition coefficient (Wildman–Crippen LogP) is 0.578. The van der Waals surface area contributed by atoms with Crippen LogP contribution in [0.25, 0.3) is 0 Å². The molecule has 1 saturated heterocycles. The van der Waals surface area contributed by atoms with Crippen molar-refractivity contribution in [3.05, 3.63) is 11.7 Å². The Labute approximate surface area is 82.1 Å². The first kappa shape index (κ1) is 9.33. The molecule has 1 atom stereocenters. The molecule has 76 valence electrons. The number of hydrogen-bond acceptors (Lipinski definition) is 5. The minimum absolute atomic E-state index is 0.212. The summed E-state index contributed by atoms with van der Waals surface area (Å²) in [5, 5.41) is 3.88. The number of nitrogens with zero attached hydrogens (tertiary/aromatic N) is 3. The lowest BCUT2D eigenvalue weighted by Crippen LogP contribution is -2.18. The molecular weight excluding hydrogens is 182 g/mol. The molecule has 1 aliphatic rings. The van der Waals surface area contributed by atoms with Crippen LogP contribution in [0.2, 0.25) is 0 Å². The second-order valence-corrected chi connectivity index (χ2v) is 3.56. The Morgan fingerprint density at radius 1 is 1.71 bits per heavy atom. The van der Waals surface area contributed by atoms with Crippen LogP contribution in [-0.4, -0.2) is 34.9 Å². The van der Waals surface area contributed by atoms with E-state index in [9.17, 15) is 4.79 Å². The van der Waals surface area contributed by atoms with Crippen LogP contribution in [0.1, 0.15) is 30.6 Å². The largest absolute Gasteiger partial charge is 0.339 e. The van der Waals surface area contributed by atoms with E-state index < -0.39 is 0 Å². The smallest absolute Gasteiger partial charge is 0.233 e. The van der Waals surface area contributed by atoms with E-state index in [1.807, 2.05) is 7.05 Å². The van der Waals surface area contributed by atoms with Gasteiger partial charge >= 0.3 is 0 Å². The van der Waals surface area contributed by atoms with Crippen molar-refractivity contribution < 1.29 is 9.32 Å². The lowest BCUT2D eigenvalue weighted by Gasteiger charge is -2.14. The van der Waals surface area contributed by atoms with E-state index in [0.717, 1.165) is 19.3 Å². The average Bonchev–Trinajstić information content (AvgIpc) is 2.74. The van der Waals surface area contributed by atoms with Crippen molar-refractivity contribution >= 4 is 6.29 Å². The van der Waals surface area contributed by atoms with Gasteiger partial charge in [-0.3, -0.25) is 4.90 Å². The van der Waals surface area contributed by atoms with Gasteiger partial charge in [0.25, 0.3) is 0 Å². The van der Waals surface area contributed by atoms with Crippen LogP contribution in [0.5, 0.6) is 0 Å². The van der Waals surface area contributed by atoms with Gasteiger partial charge in [-0.2, -0.15) is 4.98 Å². The van der Waals surface area contributed by atoms with Crippen molar-refractivity contribution in [2.75, 3.05) is 13.6 Å². The summed E-state index contributed by atoms with van der Waals surface area (Å²) in [6, 6.07) is 0.263. The maximum atomic E-state index is 10.2. The van der Waals surface area contributed by atoms with Gasteiger partial charge < -0.3 is 9.32 Å². The Kier molecular flexibility index (Phi) is 2.58. The zero-order valence-electron chi connectivity index (χ0n) is 8.14. The van der Waals surface area contributed by atoms with Crippen molar-refractivity contribution in [2.24, 2.45) is 0 Å². The molecule has 1 aromatic heterocycles. The van der Waals surface area contributed by atoms with Crippen molar-refractivity contribution in [3.63, 3.8) is 0 Å². The number of carbonyl (C=O) groups is 1. The van der Waals surface area contributed by atoms with Crippen molar-refractivity contribution in [2.45, 2.75) is 25.3 Å². The number of likely N-dealkylation sites (tertiary alicyclic amines) is 1. The molecule has 0 aromatic carbocycles. The average molecular weight is 195 g/mol. The summed E-state index contributed by atoms with van der Waals surface area (Å²) in [5.74, 6) is 1.12. The zero-order chi connectivity index (χ0) is 9.97. The predicted molar refractivity (Wildman–Crippen MR) is 48.7 cm³/mol. The standard InChI is InChI=1S/C9H13N3O2/c1-12-5-2-3-7(12)9-10-8(4-6-13)14-11-9/h6-7H,2-5H2,1H3. The highest BCUT2D eigenvalue weighted by Crippen LogP contribution is 2.27. The number of aromatic nitrogens is 2. The van der Waals surface area contributed by atoms with E-state index in [1.165, 1.54) is 6.42 Å². The second-order valence-electron chi connectivity index (χ2n) is 3.56. The SMILES string of the molecule is CN1CCCC1c1noc(CC=O)n1. The highest BCUT2D eigenvalue weighted by molar-refractivity contribution is 5.52. The Hall–Kier alpha value is -1.23. The molecule has 2 rings (SSSR count). The number of aldehydes is 1. The van der Waals surface area contributed by atoms with Gasteiger partial charge in [0.05, 0.1) is 12.5 Å². The van der Waals surface area contributed by atoms with Crippen LogP contribution < -0.4 is 0 Å². The maximum Gasteiger partial charge on any atom is 0.233 e. The zero-order valence-corrected chi connectivity index (χ0v) is 8.14. The van der Waals surface area contributed by atoms with Gasteiger partial charge in [0, 0.05) is 0 Å². The summed E-state index contributed by atoms with van der Waals surface area (Å²) >= 11 is 0. The third kappa shape index (κ3) is 1.68. The number of rotatable bonds is 3. The van der Waals surface area contributed by atoms with Crippen molar-refractivity contribution in [3.8, 4) is 0 Å². The molecule has 0 bridgehead atoms. The fourth-order valence-corrected chi connectivity index (χ4v) is 1.79. The van der Waals surface area contributed by atoms with E-state index in [1.54, 1.807) is 0 Å². The Balaban J connectivity index is 2.11. The van der Waals surface area contributed by atoms with Crippen LogP contribution in [0, 0.1) is 0 Å². The molecule has 14 heavy (non-hydrogen) atoms. The highest BCUT2D eigenvalue weighted by Gasteiger charge is 2.26. The Morgan fingerprint density at radius 2 is 2.57 bits per heavy atom. The van der Waals surface area contributed by atoms with Crippen molar-refractivity contribution in [1.29, 1.82) is 0 Å². The van der Waals surface area contributed by atoms with Crippen LogP contribution in [0.15, 0.2) is 4.52 Å². The van der Waals surface area contributed by atoms with Gasteiger partial charge in [-0.05, 0) is 26.4 Å². The summed E-state index contributed by atoms with van der Waals surface area (Å²) in [5.41, 5.74) is 0. The summed E-state index contributed by atoms with van der Waals surface area (Å²) in [4.78, 5) is 16.6. The topological polar surface area (TPSA) is 59.2 Å². The fraction of sp³-hybridized carbons (Fsp3) is 0.667. The molecule has 0 radical (unpaired) electrons. The third-order valence-electron chi connectivity index (χ3n) is 2.56. The molecule has 5 nitrogen and oxygen atoms in total. The number of carbonyl (C=O) groups excluding carboxylic acids is 1. The summed E-state index contributed by atoms with van der Waals surface area (Å²) in [7, 11) is 2.05. The molecule has 1 aromatic rings. The maximum absolute atomic E-state index is 10.2. The Bertz CT molecular complexity index is 324. The summed E-state index contributed by atoms with van der Waals surface area (Å²) in [6.45, 7) is 1.07. The minimum Gasteiger partial charge on any atom is -0.339 e. The normalized spacial score (nSPS) is 22.8. The summed E-state index contributed by atoms with van der Waals surface area (Å²) < 4.78 is 4.95. The summed E-state index contributed by atoms with van der Waals surface area (Å²) in [6.07, 6.45) is 3.22. The van der Waals surface area contributed by atoms with Gasteiger partial charge in [0.15, 0.2) is 5.82 Å². The molecule has 0 saturated carbocycles. The lowest BCUT2D eigenvalue weighted by molar-refractivity contribution is -0.107. The van der Waals surface area contributed by atoms with Gasteiger partial charge in [0.1, 0.15) is 6.29 Å². The third-order valence-corrected chi connectivity index (χ3v) is 2.56. The van der Waals surface area contributed by atoms with Gasteiger partial charge in [-0.15, -0.1) is 0 Å². The van der Waals surface area contributed by atoms with E-state index in [-0.39, 0.29) is 12.5 Å². The monoisotopic (exact) mass is 195 g/mol. The molecule has 0 N–H and O–H groups in total. The lowest BCUT2D eigenvalue weighted by atomic mass is 10.2. The molecule has 0 amide bonds. The van der Waals surface area contributed by atoms with Crippen LogP contribution in [0.4, 0.5) is 0 Å². The first-order chi connectivity index (χ1) is 6.81. The quantitative estimate of drug-likeness (QED) is 0.660. The highest BCUT2D eigenvalue weighted by atomic mass is 16.5. The molecule has 5 heteroatoms. The molecule has 1 fully saturated rings. The number of hydrogen-bond donors (Lipinski definition) is 0. The minimum atomic E-state index is 0.212. The van der Waals surface area contributed by atoms with Crippen LogP contribution in [0.3, 0.4) is 0 Å². The first-order valence-corrected chi connectivity index (χ1v) is 4.77.